The number of H-pyrrole nitrogens is 1. The van der Waals surface area contributed by atoms with Crippen molar-refractivity contribution in [2.24, 2.45) is 11.3 Å². The minimum Gasteiger partial charge on any atom is -0.481 e. The maximum atomic E-state index is 14.1. The number of ketones is 1. The highest BCUT2D eigenvalue weighted by molar-refractivity contribution is 6.01. The van der Waals surface area contributed by atoms with Gasteiger partial charge in [0.15, 0.2) is 11.6 Å². The third kappa shape index (κ3) is 8.41. The average molecular weight is 602 g/mol. The van der Waals surface area contributed by atoms with E-state index in [1.165, 1.54) is 19.3 Å². The molecule has 9 nitrogen and oxygen atoms in total. The molecule has 0 spiro atoms. The summed E-state index contributed by atoms with van der Waals surface area (Å²) in [6.07, 6.45) is 14.3. The number of rotatable bonds is 13. The van der Waals surface area contributed by atoms with E-state index >= 15 is 0 Å². The lowest BCUT2D eigenvalue weighted by Gasteiger charge is -2.45. The minimum atomic E-state index is -0.922. The molecule has 3 aliphatic rings. The first-order valence-electron chi connectivity index (χ1n) is 16.7. The second-order valence-corrected chi connectivity index (χ2v) is 14.5. The van der Waals surface area contributed by atoms with E-state index in [1.54, 1.807) is 26.1 Å². The number of nitrogens with one attached hydrogen (secondary N) is 3. The molecule has 2 amide bonds. The molecular formula is C34H55N3O6. The number of aromatic nitrogens is 1. The number of carbonyl (C=O) groups is 3. The molecule has 4 atom stereocenters. The number of Topliss-reactive ketones (excluding diaryl/α,β-unsaturated/α-hetero) is 1. The summed E-state index contributed by atoms with van der Waals surface area (Å²) in [7, 11) is 0. The van der Waals surface area contributed by atoms with Gasteiger partial charge >= 0.3 is 12.0 Å². The van der Waals surface area contributed by atoms with Gasteiger partial charge in [0, 0.05) is 40.4 Å². The first kappa shape index (κ1) is 33.5. The van der Waals surface area contributed by atoms with E-state index < -0.39 is 29.2 Å². The van der Waals surface area contributed by atoms with Crippen LogP contribution in [0.3, 0.4) is 0 Å². The molecule has 2 aliphatic carbocycles. The summed E-state index contributed by atoms with van der Waals surface area (Å²) in [5.41, 5.74) is 0.417. The van der Waals surface area contributed by atoms with Crippen molar-refractivity contribution in [2.45, 2.75) is 154 Å². The van der Waals surface area contributed by atoms with Crippen LogP contribution >= 0.6 is 0 Å². The highest BCUT2D eigenvalue weighted by Crippen LogP contribution is 2.42. The summed E-state index contributed by atoms with van der Waals surface area (Å²) < 4.78 is 12.0. The highest BCUT2D eigenvalue weighted by Gasteiger charge is 2.47. The minimum absolute atomic E-state index is 0.123. The van der Waals surface area contributed by atoms with Crippen LogP contribution in [0.1, 0.15) is 146 Å². The van der Waals surface area contributed by atoms with Crippen LogP contribution < -0.4 is 10.6 Å². The number of hydrogen-bond acceptors (Lipinski definition) is 5. The molecule has 43 heavy (non-hydrogen) atoms. The first-order chi connectivity index (χ1) is 20.4. The fourth-order valence-corrected chi connectivity index (χ4v) is 7.40. The Balaban J connectivity index is 1.56. The van der Waals surface area contributed by atoms with Crippen molar-refractivity contribution in [3.05, 3.63) is 23.5 Å². The SMILES string of the molecule is CCCCCCC1(NC(=O)NC2CCCCCC2C(CC(=O)O)c2[nH]ccc2C(=O)C2OC(C)(C)OCC2(C)C)CCC1. The first-order valence-corrected chi connectivity index (χ1v) is 16.7. The van der Waals surface area contributed by atoms with Crippen LogP contribution in [0, 0.1) is 11.3 Å². The number of aliphatic carboxylic acids is 1. The Hall–Kier alpha value is -2.39. The van der Waals surface area contributed by atoms with Crippen LogP contribution in [0.2, 0.25) is 0 Å². The van der Waals surface area contributed by atoms with E-state index in [0.29, 0.717) is 17.9 Å². The molecule has 4 unspecified atom stereocenters. The summed E-state index contributed by atoms with van der Waals surface area (Å²) in [5, 5.41) is 16.7. The second-order valence-electron chi connectivity index (χ2n) is 14.5. The number of urea groups is 1. The number of aromatic amines is 1. The van der Waals surface area contributed by atoms with E-state index in [2.05, 4.69) is 22.5 Å². The smallest absolute Gasteiger partial charge is 0.315 e. The molecule has 1 aliphatic heterocycles. The van der Waals surface area contributed by atoms with Gasteiger partial charge in [0.2, 0.25) is 0 Å². The molecule has 1 aromatic heterocycles. The van der Waals surface area contributed by atoms with Crippen molar-refractivity contribution in [3.63, 3.8) is 0 Å². The quantitative estimate of drug-likeness (QED) is 0.109. The zero-order valence-electron chi connectivity index (χ0n) is 27.1. The van der Waals surface area contributed by atoms with Gasteiger partial charge in [-0.1, -0.05) is 65.7 Å². The third-order valence-corrected chi connectivity index (χ3v) is 10.1. The van der Waals surface area contributed by atoms with E-state index in [9.17, 15) is 19.5 Å². The number of carboxylic acid groups (broad SMARTS) is 1. The predicted molar refractivity (Wildman–Crippen MR) is 166 cm³/mol. The van der Waals surface area contributed by atoms with Crippen molar-refractivity contribution in [3.8, 4) is 0 Å². The largest absolute Gasteiger partial charge is 0.481 e. The topological polar surface area (TPSA) is 130 Å². The van der Waals surface area contributed by atoms with Crippen LogP contribution in [-0.2, 0) is 14.3 Å². The Morgan fingerprint density at radius 3 is 2.47 bits per heavy atom. The van der Waals surface area contributed by atoms with E-state index in [-0.39, 0.29) is 35.7 Å². The van der Waals surface area contributed by atoms with Crippen LogP contribution in [0.5, 0.6) is 0 Å². The summed E-state index contributed by atoms with van der Waals surface area (Å²) in [5.74, 6) is -2.58. The predicted octanol–water partition coefficient (Wildman–Crippen LogP) is 7.07. The van der Waals surface area contributed by atoms with Crippen molar-refractivity contribution in [2.75, 3.05) is 6.61 Å². The normalized spacial score (nSPS) is 26.9. The zero-order chi connectivity index (χ0) is 31.3. The second kappa shape index (κ2) is 14.1. The lowest BCUT2D eigenvalue weighted by Crippen LogP contribution is -2.58. The summed E-state index contributed by atoms with van der Waals surface area (Å²) in [6.45, 7) is 10.1. The Kier molecular flexibility index (Phi) is 11.0. The Bertz CT molecular complexity index is 1110. The van der Waals surface area contributed by atoms with Crippen LogP contribution in [-0.4, -0.2) is 58.0 Å². The maximum absolute atomic E-state index is 14.1. The third-order valence-electron chi connectivity index (χ3n) is 10.1. The molecule has 0 radical (unpaired) electrons. The number of ether oxygens (including phenoxy) is 2. The molecule has 4 N–H and O–H groups in total. The monoisotopic (exact) mass is 601 g/mol. The maximum Gasteiger partial charge on any atom is 0.315 e. The molecule has 0 bridgehead atoms. The highest BCUT2D eigenvalue weighted by atomic mass is 16.7. The van der Waals surface area contributed by atoms with Gasteiger partial charge < -0.3 is 30.2 Å². The molecule has 3 fully saturated rings. The molecule has 9 heteroatoms. The van der Waals surface area contributed by atoms with Gasteiger partial charge in [0.25, 0.3) is 0 Å². The summed E-state index contributed by atoms with van der Waals surface area (Å²) in [6, 6.07) is 1.41. The summed E-state index contributed by atoms with van der Waals surface area (Å²) >= 11 is 0. The van der Waals surface area contributed by atoms with Crippen LogP contribution in [0.15, 0.2) is 12.3 Å². The number of carbonyl (C=O) groups excluding carboxylic acids is 2. The molecular weight excluding hydrogens is 546 g/mol. The molecule has 1 aromatic rings. The molecule has 242 valence electrons. The number of unbranched alkanes of at least 4 members (excludes halogenated alkanes) is 3. The van der Waals surface area contributed by atoms with Gasteiger partial charge in [0.1, 0.15) is 6.10 Å². The molecule has 2 heterocycles. The Labute approximate surface area is 257 Å². The van der Waals surface area contributed by atoms with Crippen molar-refractivity contribution in [1.29, 1.82) is 0 Å². The fourth-order valence-electron chi connectivity index (χ4n) is 7.40. The number of hydrogen-bond donors (Lipinski definition) is 4. The van der Waals surface area contributed by atoms with Crippen molar-refractivity contribution >= 4 is 17.8 Å². The van der Waals surface area contributed by atoms with Crippen molar-refractivity contribution < 1.29 is 29.0 Å². The molecule has 0 aromatic carbocycles. The van der Waals surface area contributed by atoms with Crippen LogP contribution in [0.4, 0.5) is 4.79 Å². The van der Waals surface area contributed by atoms with E-state index in [0.717, 1.165) is 64.2 Å². The molecule has 2 saturated carbocycles. The van der Waals surface area contributed by atoms with Gasteiger partial charge in [-0.05, 0) is 64.4 Å². The molecule has 1 saturated heterocycles. The fraction of sp³-hybridized carbons (Fsp3) is 0.794. The number of amides is 2. The van der Waals surface area contributed by atoms with E-state index in [4.69, 9.17) is 9.47 Å². The lowest BCUT2D eigenvalue weighted by atomic mass is 9.73. The van der Waals surface area contributed by atoms with Crippen molar-refractivity contribution in [1.82, 2.24) is 15.6 Å². The average Bonchev–Trinajstić information content (AvgIpc) is 3.30. The van der Waals surface area contributed by atoms with Gasteiger partial charge in [0.05, 0.1) is 13.0 Å². The number of carboxylic acids is 1. The Morgan fingerprint density at radius 1 is 1.05 bits per heavy atom. The van der Waals surface area contributed by atoms with Gasteiger partial charge in [-0.2, -0.15) is 0 Å². The standard InChI is InChI=1S/C34H55N3O6/c1-6-7-8-12-17-34(18-13-19-34)37-31(41)36-26-15-11-9-10-14-23(26)25(21-27(38)39)28-24(16-20-35-28)29(40)30-32(2,3)22-42-33(4,5)43-30/h16,20,23,25-26,30,35H,6-15,17-19,21-22H2,1-5H3,(H,38,39)(H2,36,37,41). The summed E-state index contributed by atoms with van der Waals surface area (Å²) in [4.78, 5) is 43.1. The van der Waals surface area contributed by atoms with Gasteiger partial charge in [-0.3, -0.25) is 9.59 Å². The lowest BCUT2D eigenvalue weighted by molar-refractivity contribution is -0.298. The molecule has 4 rings (SSSR count). The zero-order valence-corrected chi connectivity index (χ0v) is 27.1. The van der Waals surface area contributed by atoms with Crippen LogP contribution in [0.25, 0.3) is 0 Å². The van der Waals surface area contributed by atoms with Gasteiger partial charge in [-0.15, -0.1) is 0 Å². The Morgan fingerprint density at radius 2 is 1.79 bits per heavy atom. The van der Waals surface area contributed by atoms with E-state index in [1.807, 2.05) is 13.8 Å². The van der Waals surface area contributed by atoms with Gasteiger partial charge in [-0.25, -0.2) is 4.79 Å².